The van der Waals surface area contributed by atoms with E-state index in [1.807, 2.05) is 0 Å². The second-order valence-electron chi connectivity index (χ2n) is 6.61. The average molecular weight is 377 g/mol. The molecule has 2 aromatic heterocycles. The molecule has 4 N–H and O–H groups in total. The number of hydrogen-bond donors (Lipinski definition) is 3. The van der Waals surface area contributed by atoms with E-state index < -0.39 is 9.92 Å². The van der Waals surface area contributed by atoms with Gasteiger partial charge in [-0.15, -0.1) is 0 Å². The second kappa shape index (κ2) is 5.86. The molecule has 0 radical (unpaired) electrons. The van der Waals surface area contributed by atoms with Crippen molar-refractivity contribution in [1.82, 2.24) is 9.97 Å². The molecule has 1 unspecified atom stereocenters. The van der Waals surface area contributed by atoms with Gasteiger partial charge in [0.05, 0.1) is 11.9 Å². The van der Waals surface area contributed by atoms with Gasteiger partial charge in [0.25, 0.3) is 5.91 Å². The highest BCUT2D eigenvalue weighted by molar-refractivity contribution is 7.92. The van der Waals surface area contributed by atoms with Crippen LogP contribution >= 0.6 is 11.3 Å². The molecule has 2 atom stereocenters. The zero-order chi connectivity index (χ0) is 17.8. The predicted octanol–water partition coefficient (Wildman–Crippen LogP) is 2.61. The van der Waals surface area contributed by atoms with Gasteiger partial charge in [0.1, 0.15) is 14.1 Å². The zero-order valence-electron chi connectivity index (χ0n) is 13.8. The molecule has 0 aromatic carbocycles. The molecule has 0 fully saturated rings. The van der Waals surface area contributed by atoms with Gasteiger partial charge in [0.2, 0.25) is 0 Å². The Morgan fingerprint density at radius 1 is 1.40 bits per heavy atom. The van der Waals surface area contributed by atoms with Crippen molar-refractivity contribution >= 4 is 32.8 Å². The minimum absolute atomic E-state index is 0.108. The van der Waals surface area contributed by atoms with Crippen molar-refractivity contribution in [2.75, 3.05) is 5.32 Å². The lowest BCUT2D eigenvalue weighted by molar-refractivity contribution is 0.102. The summed E-state index contributed by atoms with van der Waals surface area (Å²) < 4.78 is 19.1. The van der Waals surface area contributed by atoms with E-state index in [1.165, 1.54) is 6.20 Å². The number of amides is 1. The standard InChI is InChI=1S/C16H19N5O2S2/c1-8-5-6-10-13(8)20-11-4-2-3-9(11)14(10)21-15(22)16-19-7-12(24-16)25(17,18)23/h7-8H,2-6H2,1H3,(H3,17,18,23)(H,20,21,22)/t8-/m0/s1. The molecule has 0 aliphatic heterocycles. The minimum Gasteiger partial charge on any atom is -0.319 e. The number of aromatic nitrogens is 2. The molecule has 2 heterocycles. The van der Waals surface area contributed by atoms with Crippen LogP contribution in [0.1, 0.15) is 58.0 Å². The van der Waals surface area contributed by atoms with Crippen molar-refractivity contribution in [3.05, 3.63) is 33.7 Å². The number of carbonyl (C=O) groups excluding carboxylic acids is 1. The summed E-state index contributed by atoms with van der Waals surface area (Å²) in [7, 11) is -3.35. The maximum Gasteiger partial charge on any atom is 0.284 e. The van der Waals surface area contributed by atoms with Crippen LogP contribution in [-0.4, -0.2) is 20.1 Å². The molecule has 0 bridgehead atoms. The predicted molar refractivity (Wildman–Crippen MR) is 96.4 cm³/mol. The number of anilines is 1. The quantitative estimate of drug-likeness (QED) is 0.761. The molecule has 25 heavy (non-hydrogen) atoms. The normalized spacial score (nSPS) is 20.8. The van der Waals surface area contributed by atoms with E-state index in [9.17, 15) is 9.00 Å². The highest BCUT2D eigenvalue weighted by atomic mass is 32.2. The van der Waals surface area contributed by atoms with Crippen molar-refractivity contribution < 1.29 is 9.00 Å². The van der Waals surface area contributed by atoms with E-state index in [4.69, 9.17) is 14.9 Å². The van der Waals surface area contributed by atoms with E-state index in [0.717, 1.165) is 71.6 Å². The number of nitrogens with zero attached hydrogens (tertiary/aromatic N) is 2. The van der Waals surface area contributed by atoms with E-state index in [0.29, 0.717) is 5.92 Å². The van der Waals surface area contributed by atoms with Crippen LogP contribution in [0, 0.1) is 4.78 Å². The number of rotatable bonds is 3. The van der Waals surface area contributed by atoms with Gasteiger partial charge < -0.3 is 5.32 Å². The number of nitrogens with one attached hydrogen (secondary N) is 2. The highest BCUT2D eigenvalue weighted by Crippen LogP contribution is 2.41. The molecular formula is C16H19N5O2S2. The van der Waals surface area contributed by atoms with Gasteiger partial charge in [-0.05, 0) is 49.1 Å². The topological polar surface area (TPSA) is 122 Å². The fourth-order valence-electron chi connectivity index (χ4n) is 3.62. The number of carbonyl (C=O) groups is 1. The lowest BCUT2D eigenvalue weighted by Crippen LogP contribution is -2.16. The third kappa shape index (κ3) is 2.86. The van der Waals surface area contributed by atoms with Gasteiger partial charge in [-0.2, -0.15) is 0 Å². The van der Waals surface area contributed by atoms with E-state index in [1.54, 1.807) is 0 Å². The van der Waals surface area contributed by atoms with E-state index in [2.05, 4.69) is 17.2 Å². The molecule has 7 nitrogen and oxygen atoms in total. The van der Waals surface area contributed by atoms with Crippen LogP contribution in [0.4, 0.5) is 5.69 Å². The van der Waals surface area contributed by atoms with Crippen molar-refractivity contribution in [1.29, 1.82) is 4.78 Å². The number of pyridine rings is 1. The number of hydrogen-bond acceptors (Lipinski definition) is 6. The van der Waals surface area contributed by atoms with Gasteiger partial charge in [0, 0.05) is 11.4 Å². The van der Waals surface area contributed by atoms with Crippen LogP contribution in [0.3, 0.4) is 0 Å². The lowest BCUT2D eigenvalue weighted by Gasteiger charge is -2.15. The maximum atomic E-state index is 12.7. The summed E-state index contributed by atoms with van der Waals surface area (Å²) >= 11 is 0.908. The first kappa shape index (κ1) is 16.6. The summed E-state index contributed by atoms with van der Waals surface area (Å²) in [5.41, 5.74) is 5.37. The second-order valence-corrected chi connectivity index (χ2v) is 9.54. The third-order valence-corrected chi connectivity index (χ3v) is 7.35. The number of nitrogens with two attached hydrogens (primary N) is 1. The van der Waals surface area contributed by atoms with Crippen LogP contribution in [0.5, 0.6) is 0 Å². The SMILES string of the molecule is C[C@H]1CCc2c1nc1c(c2NC(=O)c2ncc(S(=N)(N)=O)s2)CCC1. The first-order chi connectivity index (χ1) is 11.8. The summed E-state index contributed by atoms with van der Waals surface area (Å²) in [6.07, 6.45) is 6.14. The summed E-state index contributed by atoms with van der Waals surface area (Å²) in [5.74, 6) is 0.0650. The summed E-state index contributed by atoms with van der Waals surface area (Å²) in [4.78, 5) is 21.5. The van der Waals surface area contributed by atoms with Gasteiger partial charge in [-0.3, -0.25) is 9.78 Å². The monoisotopic (exact) mass is 377 g/mol. The maximum absolute atomic E-state index is 12.7. The average Bonchev–Trinajstić information content (AvgIpc) is 3.26. The molecule has 4 rings (SSSR count). The Kier molecular flexibility index (Phi) is 3.89. The van der Waals surface area contributed by atoms with Crippen LogP contribution in [-0.2, 0) is 29.2 Å². The molecule has 2 aliphatic rings. The number of aryl methyl sites for hydroxylation is 1. The summed E-state index contributed by atoms with van der Waals surface area (Å²) in [5, 5.41) is 8.50. The van der Waals surface area contributed by atoms with Gasteiger partial charge >= 0.3 is 0 Å². The molecule has 0 saturated carbocycles. The van der Waals surface area contributed by atoms with Gasteiger partial charge in [-0.1, -0.05) is 18.3 Å². The highest BCUT2D eigenvalue weighted by Gasteiger charge is 2.30. The Labute approximate surface area is 150 Å². The molecule has 1 amide bonds. The third-order valence-electron chi connectivity index (χ3n) is 4.87. The molecule has 132 valence electrons. The Bertz CT molecular complexity index is 981. The fraction of sp³-hybridized carbons (Fsp3) is 0.438. The number of thiazole rings is 1. The van der Waals surface area contributed by atoms with E-state index in [-0.39, 0.29) is 15.1 Å². The Hall–Kier alpha value is -1.84. The van der Waals surface area contributed by atoms with Crippen molar-refractivity contribution in [3.8, 4) is 0 Å². The molecule has 2 aromatic rings. The molecule has 0 spiro atoms. The molecule has 0 saturated heterocycles. The van der Waals surface area contributed by atoms with Crippen LogP contribution in [0.25, 0.3) is 0 Å². The molecule has 2 aliphatic carbocycles. The minimum atomic E-state index is -3.35. The van der Waals surface area contributed by atoms with Gasteiger partial charge in [-0.25, -0.2) is 19.1 Å². The molecular weight excluding hydrogens is 358 g/mol. The smallest absolute Gasteiger partial charge is 0.284 e. The lowest BCUT2D eigenvalue weighted by atomic mass is 10.0. The van der Waals surface area contributed by atoms with Crippen molar-refractivity contribution in [2.45, 2.75) is 49.2 Å². The van der Waals surface area contributed by atoms with Crippen molar-refractivity contribution in [2.24, 2.45) is 5.14 Å². The first-order valence-corrected chi connectivity index (χ1v) is 10.7. The summed E-state index contributed by atoms with van der Waals surface area (Å²) in [6, 6.07) is 0. The van der Waals surface area contributed by atoms with Crippen LogP contribution in [0.15, 0.2) is 10.4 Å². The largest absolute Gasteiger partial charge is 0.319 e. The number of fused-ring (bicyclic) bond motifs is 2. The first-order valence-electron chi connectivity index (χ1n) is 8.23. The molecule has 9 heteroatoms. The van der Waals surface area contributed by atoms with Crippen LogP contribution < -0.4 is 10.5 Å². The van der Waals surface area contributed by atoms with Crippen molar-refractivity contribution in [3.63, 3.8) is 0 Å². The Morgan fingerprint density at radius 3 is 2.92 bits per heavy atom. The Balaban J connectivity index is 1.71. The van der Waals surface area contributed by atoms with Gasteiger partial charge in [0.15, 0.2) is 5.01 Å². The Morgan fingerprint density at radius 2 is 2.20 bits per heavy atom. The fourth-order valence-corrected chi connectivity index (χ4v) is 5.11. The zero-order valence-corrected chi connectivity index (χ0v) is 15.4. The van der Waals surface area contributed by atoms with E-state index >= 15 is 0 Å². The van der Waals surface area contributed by atoms with Crippen LogP contribution in [0.2, 0.25) is 0 Å². The summed E-state index contributed by atoms with van der Waals surface area (Å²) in [6.45, 7) is 2.17.